The Bertz CT molecular complexity index is 212. The van der Waals surface area contributed by atoms with Crippen LogP contribution in [0.25, 0.3) is 0 Å². The molecule has 0 saturated carbocycles. The van der Waals surface area contributed by atoms with Crippen molar-refractivity contribution in [2.75, 3.05) is 0 Å². The minimum absolute atomic E-state index is 0.670. The van der Waals surface area contributed by atoms with Crippen LogP contribution in [0.15, 0.2) is 0 Å². The largest absolute Gasteiger partial charge is 0.303 e. The zero-order chi connectivity index (χ0) is 16.3. The molecule has 0 rings (SSSR count). The Kier molecular flexibility index (Phi) is 18.4. The molecule has 0 bridgehead atoms. The van der Waals surface area contributed by atoms with Gasteiger partial charge in [0, 0.05) is 6.42 Å². The van der Waals surface area contributed by atoms with Gasteiger partial charge < -0.3 is 4.79 Å². The Morgan fingerprint density at radius 2 is 0.955 bits per heavy atom. The molecule has 1 nitrogen and oxygen atoms in total. The van der Waals surface area contributed by atoms with Gasteiger partial charge in [0.15, 0.2) is 0 Å². The van der Waals surface area contributed by atoms with Crippen LogP contribution >= 0.6 is 0 Å². The van der Waals surface area contributed by atoms with Gasteiger partial charge in [0.25, 0.3) is 0 Å². The molecule has 0 aliphatic rings. The molecular formula is C21H42O. The van der Waals surface area contributed by atoms with Crippen LogP contribution in [-0.2, 0) is 4.79 Å². The maximum absolute atomic E-state index is 10.8. The van der Waals surface area contributed by atoms with Crippen molar-refractivity contribution in [3.63, 3.8) is 0 Å². The lowest BCUT2D eigenvalue weighted by atomic mass is 9.92. The molecule has 0 radical (unpaired) electrons. The first-order valence-electron chi connectivity index (χ1n) is 10.3. The van der Waals surface area contributed by atoms with Gasteiger partial charge in [-0.2, -0.15) is 0 Å². The molecule has 1 atom stereocenters. The molecule has 0 aliphatic carbocycles. The first-order valence-corrected chi connectivity index (χ1v) is 10.3. The third kappa shape index (κ3) is 16.0. The monoisotopic (exact) mass is 310 g/mol. The number of carbonyl (C=O) groups is 1. The summed E-state index contributed by atoms with van der Waals surface area (Å²) in [6.45, 7) is 4.54. The summed E-state index contributed by atoms with van der Waals surface area (Å²) in [7, 11) is 0. The molecule has 0 aromatic carbocycles. The lowest BCUT2D eigenvalue weighted by Gasteiger charge is -2.14. The number of hydrogen-bond donors (Lipinski definition) is 0. The Balaban J connectivity index is 3.45. The molecule has 0 aliphatic heterocycles. The Morgan fingerprint density at radius 1 is 0.591 bits per heavy atom. The lowest BCUT2D eigenvalue weighted by Crippen LogP contribution is -2.02. The number of hydrogen-bond acceptors (Lipinski definition) is 1. The van der Waals surface area contributed by atoms with E-state index < -0.39 is 0 Å². The molecule has 0 aromatic rings. The Morgan fingerprint density at radius 3 is 1.32 bits per heavy atom. The van der Waals surface area contributed by atoms with Gasteiger partial charge in [-0.15, -0.1) is 0 Å². The summed E-state index contributed by atoms with van der Waals surface area (Å²) in [5.41, 5.74) is 0. The minimum atomic E-state index is 0.670. The maximum atomic E-state index is 10.8. The van der Waals surface area contributed by atoms with Crippen LogP contribution in [-0.4, -0.2) is 6.29 Å². The number of unbranched alkanes of at least 4 members (excludes halogenated alkanes) is 12. The fraction of sp³-hybridized carbons (Fsp3) is 0.952. The Hall–Kier alpha value is -0.330. The molecule has 0 spiro atoms. The fourth-order valence-corrected chi connectivity index (χ4v) is 3.30. The second kappa shape index (κ2) is 18.7. The van der Waals surface area contributed by atoms with Gasteiger partial charge in [0.1, 0.15) is 6.29 Å². The van der Waals surface area contributed by atoms with Gasteiger partial charge >= 0.3 is 0 Å². The van der Waals surface area contributed by atoms with Crippen molar-refractivity contribution in [3.8, 4) is 0 Å². The number of carbonyl (C=O) groups excluding carboxylic acids is 1. The van der Waals surface area contributed by atoms with Crippen molar-refractivity contribution < 1.29 is 4.79 Å². The molecule has 1 heteroatoms. The number of aldehydes is 1. The van der Waals surface area contributed by atoms with Crippen molar-refractivity contribution >= 4 is 6.29 Å². The first-order chi connectivity index (χ1) is 10.8. The fourth-order valence-electron chi connectivity index (χ4n) is 3.30. The van der Waals surface area contributed by atoms with Gasteiger partial charge in [-0.25, -0.2) is 0 Å². The second-order valence-corrected chi connectivity index (χ2v) is 7.09. The average Bonchev–Trinajstić information content (AvgIpc) is 2.53. The molecule has 0 aromatic heterocycles. The lowest BCUT2D eigenvalue weighted by molar-refractivity contribution is -0.108. The molecule has 132 valence electrons. The molecule has 0 amide bonds. The van der Waals surface area contributed by atoms with Crippen molar-refractivity contribution in [2.45, 2.75) is 123 Å². The molecule has 0 fully saturated rings. The summed E-state index contributed by atoms with van der Waals surface area (Å²) in [6.07, 6.45) is 23.8. The predicted molar refractivity (Wildman–Crippen MR) is 99.4 cm³/mol. The van der Waals surface area contributed by atoms with E-state index in [-0.39, 0.29) is 0 Å². The van der Waals surface area contributed by atoms with Crippen LogP contribution in [0.5, 0.6) is 0 Å². The highest BCUT2D eigenvalue weighted by atomic mass is 16.1. The minimum Gasteiger partial charge on any atom is -0.303 e. The highest BCUT2D eigenvalue weighted by Crippen LogP contribution is 2.21. The molecule has 0 N–H and O–H groups in total. The van der Waals surface area contributed by atoms with E-state index in [1.165, 1.54) is 103 Å². The zero-order valence-corrected chi connectivity index (χ0v) is 15.6. The summed E-state index contributed by atoms with van der Waals surface area (Å²) in [4.78, 5) is 10.8. The highest BCUT2D eigenvalue weighted by molar-refractivity contribution is 5.49. The van der Waals surface area contributed by atoms with Gasteiger partial charge in [0.05, 0.1) is 0 Å². The van der Waals surface area contributed by atoms with E-state index in [0.29, 0.717) is 5.92 Å². The zero-order valence-electron chi connectivity index (χ0n) is 15.6. The Labute approximate surface area is 140 Å². The summed E-state index contributed by atoms with van der Waals surface area (Å²) in [6, 6.07) is 0. The number of rotatable bonds is 18. The van der Waals surface area contributed by atoms with Crippen LogP contribution in [0.4, 0.5) is 0 Å². The van der Waals surface area contributed by atoms with E-state index in [1.807, 2.05) is 0 Å². The average molecular weight is 311 g/mol. The molecule has 22 heavy (non-hydrogen) atoms. The van der Waals surface area contributed by atoms with E-state index >= 15 is 0 Å². The smallest absolute Gasteiger partial charge is 0.120 e. The third-order valence-electron chi connectivity index (χ3n) is 4.86. The third-order valence-corrected chi connectivity index (χ3v) is 4.86. The standard InChI is InChI=1S/C21H42O/c1-3-5-7-9-11-12-14-16-18-21(19-20-22)17-15-13-10-8-6-4-2/h20-21H,3-19H2,1-2H3. The topological polar surface area (TPSA) is 17.1 Å². The summed E-state index contributed by atoms with van der Waals surface area (Å²) < 4.78 is 0. The molecule has 1 unspecified atom stereocenters. The van der Waals surface area contributed by atoms with Gasteiger partial charge in [-0.3, -0.25) is 0 Å². The van der Waals surface area contributed by atoms with Crippen molar-refractivity contribution in [1.82, 2.24) is 0 Å². The van der Waals surface area contributed by atoms with Crippen LogP contribution in [0.1, 0.15) is 123 Å². The summed E-state index contributed by atoms with van der Waals surface area (Å²) in [5, 5.41) is 0. The summed E-state index contributed by atoms with van der Waals surface area (Å²) >= 11 is 0. The van der Waals surface area contributed by atoms with Crippen molar-refractivity contribution in [2.24, 2.45) is 5.92 Å². The molecular weight excluding hydrogens is 268 g/mol. The van der Waals surface area contributed by atoms with E-state index in [1.54, 1.807) is 0 Å². The normalized spacial score (nSPS) is 12.5. The summed E-state index contributed by atoms with van der Waals surface area (Å²) in [5.74, 6) is 0.670. The van der Waals surface area contributed by atoms with Crippen LogP contribution in [0, 0.1) is 5.92 Å². The van der Waals surface area contributed by atoms with Crippen LogP contribution in [0.3, 0.4) is 0 Å². The molecule has 0 saturated heterocycles. The van der Waals surface area contributed by atoms with Gasteiger partial charge in [0.2, 0.25) is 0 Å². The van der Waals surface area contributed by atoms with Crippen molar-refractivity contribution in [1.29, 1.82) is 0 Å². The molecule has 0 heterocycles. The van der Waals surface area contributed by atoms with E-state index in [9.17, 15) is 4.79 Å². The van der Waals surface area contributed by atoms with E-state index in [4.69, 9.17) is 0 Å². The van der Waals surface area contributed by atoms with Crippen molar-refractivity contribution in [3.05, 3.63) is 0 Å². The van der Waals surface area contributed by atoms with Crippen LogP contribution in [0.2, 0.25) is 0 Å². The first kappa shape index (κ1) is 21.7. The van der Waals surface area contributed by atoms with Gasteiger partial charge in [-0.05, 0) is 5.92 Å². The second-order valence-electron chi connectivity index (χ2n) is 7.09. The highest BCUT2D eigenvalue weighted by Gasteiger charge is 2.07. The quantitative estimate of drug-likeness (QED) is 0.189. The van der Waals surface area contributed by atoms with E-state index in [0.717, 1.165) is 12.7 Å². The van der Waals surface area contributed by atoms with Crippen LogP contribution < -0.4 is 0 Å². The SMILES string of the molecule is CCCCCCCCCCC(CC=O)CCCCCCCC. The van der Waals surface area contributed by atoms with Gasteiger partial charge in [-0.1, -0.05) is 117 Å². The maximum Gasteiger partial charge on any atom is 0.120 e. The van der Waals surface area contributed by atoms with E-state index in [2.05, 4.69) is 13.8 Å². The predicted octanol–water partition coefficient (Wildman–Crippen LogP) is 7.47.